The average molecular weight is 440 g/mol. The molecule has 8 heteroatoms. The lowest BCUT2D eigenvalue weighted by atomic mass is 10.2. The molecule has 0 unspecified atom stereocenters. The van der Waals surface area contributed by atoms with Crippen LogP contribution in [0.5, 0.6) is 17.4 Å². The molecule has 0 saturated heterocycles. The highest BCUT2D eigenvalue weighted by molar-refractivity contribution is 7.11. The number of rotatable bonds is 9. The zero-order valence-electron chi connectivity index (χ0n) is 18.4. The van der Waals surface area contributed by atoms with Crippen LogP contribution in [0, 0.1) is 13.8 Å². The summed E-state index contributed by atoms with van der Waals surface area (Å²) in [6.07, 6.45) is 2.65. The van der Waals surface area contributed by atoms with E-state index in [1.807, 2.05) is 50.2 Å². The molecule has 0 atom stereocenters. The number of benzene rings is 1. The summed E-state index contributed by atoms with van der Waals surface area (Å²) in [5.41, 5.74) is 1.97. The molecular formula is C23H29N5O2S. The third kappa shape index (κ3) is 6.42. The van der Waals surface area contributed by atoms with Crippen LogP contribution < -0.4 is 20.1 Å². The van der Waals surface area contributed by atoms with E-state index in [0.717, 1.165) is 22.7 Å². The van der Waals surface area contributed by atoms with Gasteiger partial charge < -0.3 is 20.1 Å². The zero-order chi connectivity index (χ0) is 22.1. The van der Waals surface area contributed by atoms with Crippen LogP contribution in [-0.4, -0.2) is 29.6 Å². The summed E-state index contributed by atoms with van der Waals surface area (Å²) < 4.78 is 11.9. The maximum Gasteiger partial charge on any atom is 0.224 e. The molecule has 0 radical (unpaired) electrons. The van der Waals surface area contributed by atoms with Gasteiger partial charge in [-0.1, -0.05) is 25.1 Å². The molecular weight excluding hydrogens is 410 g/mol. The van der Waals surface area contributed by atoms with Gasteiger partial charge in [0.05, 0.1) is 23.9 Å². The number of hydrogen-bond acceptors (Lipinski definition) is 6. The van der Waals surface area contributed by atoms with Gasteiger partial charge in [0.15, 0.2) is 17.5 Å². The normalized spacial score (nSPS) is 11.3. The van der Waals surface area contributed by atoms with E-state index in [2.05, 4.69) is 32.5 Å². The highest BCUT2D eigenvalue weighted by Gasteiger charge is 2.11. The zero-order valence-corrected chi connectivity index (χ0v) is 19.3. The van der Waals surface area contributed by atoms with Gasteiger partial charge in [0.2, 0.25) is 5.88 Å². The second-order valence-corrected chi connectivity index (χ2v) is 8.17. The van der Waals surface area contributed by atoms with Crippen LogP contribution >= 0.6 is 11.3 Å². The van der Waals surface area contributed by atoms with E-state index < -0.39 is 0 Å². The fourth-order valence-electron chi connectivity index (χ4n) is 2.92. The number of hydrogen-bond donors (Lipinski definition) is 2. The Kier molecular flexibility index (Phi) is 8.23. The summed E-state index contributed by atoms with van der Waals surface area (Å²) in [6, 6.07) is 11.5. The molecule has 0 saturated carbocycles. The topological polar surface area (TPSA) is 80.7 Å². The number of aromatic nitrogens is 2. The lowest BCUT2D eigenvalue weighted by Gasteiger charge is -2.15. The molecule has 0 amide bonds. The van der Waals surface area contributed by atoms with Gasteiger partial charge in [0, 0.05) is 30.2 Å². The van der Waals surface area contributed by atoms with Crippen molar-refractivity contribution in [1.82, 2.24) is 20.6 Å². The SMILES string of the molecule is CCCOc1ccccc1Oc1ncccc1CNC(=NC)NCc1sc(C)nc1C. The Balaban J connectivity index is 1.64. The number of aliphatic imine (C=N–C) groups is 1. The molecule has 3 aromatic rings. The van der Waals surface area contributed by atoms with E-state index in [-0.39, 0.29) is 0 Å². The predicted molar refractivity (Wildman–Crippen MR) is 125 cm³/mol. The molecule has 2 aromatic heterocycles. The van der Waals surface area contributed by atoms with Gasteiger partial charge in [-0.3, -0.25) is 4.99 Å². The van der Waals surface area contributed by atoms with Crippen molar-refractivity contribution in [3.8, 4) is 17.4 Å². The van der Waals surface area contributed by atoms with Gasteiger partial charge in [0.25, 0.3) is 0 Å². The van der Waals surface area contributed by atoms with Gasteiger partial charge in [0.1, 0.15) is 0 Å². The van der Waals surface area contributed by atoms with E-state index in [9.17, 15) is 0 Å². The number of nitrogens with zero attached hydrogens (tertiary/aromatic N) is 3. The smallest absolute Gasteiger partial charge is 0.224 e. The molecule has 0 aliphatic rings. The molecule has 7 nitrogen and oxygen atoms in total. The minimum Gasteiger partial charge on any atom is -0.490 e. The maximum absolute atomic E-state index is 6.11. The number of aryl methyl sites for hydroxylation is 2. The molecule has 0 bridgehead atoms. The monoisotopic (exact) mass is 439 g/mol. The summed E-state index contributed by atoms with van der Waals surface area (Å²) in [4.78, 5) is 14.4. The van der Waals surface area contributed by atoms with Crippen molar-refractivity contribution in [2.75, 3.05) is 13.7 Å². The third-order valence-electron chi connectivity index (χ3n) is 4.45. The Morgan fingerprint density at radius 2 is 1.84 bits per heavy atom. The number of nitrogens with one attached hydrogen (secondary N) is 2. The number of para-hydroxylation sites is 2. The molecule has 164 valence electrons. The number of ether oxygens (including phenoxy) is 2. The van der Waals surface area contributed by atoms with Crippen LogP contribution in [0.3, 0.4) is 0 Å². The van der Waals surface area contributed by atoms with Crippen LogP contribution in [0.25, 0.3) is 0 Å². The number of thiazole rings is 1. The molecule has 0 spiro atoms. The molecule has 0 aliphatic carbocycles. The highest BCUT2D eigenvalue weighted by atomic mass is 32.1. The Morgan fingerprint density at radius 3 is 2.55 bits per heavy atom. The van der Waals surface area contributed by atoms with Crippen molar-refractivity contribution in [2.24, 2.45) is 4.99 Å². The quantitative estimate of drug-likeness (QED) is 0.375. The third-order valence-corrected chi connectivity index (χ3v) is 5.53. The van der Waals surface area contributed by atoms with E-state index in [0.29, 0.717) is 43.0 Å². The van der Waals surface area contributed by atoms with Crippen molar-refractivity contribution in [3.05, 3.63) is 63.7 Å². The van der Waals surface area contributed by atoms with Crippen molar-refractivity contribution in [2.45, 2.75) is 40.3 Å². The van der Waals surface area contributed by atoms with Crippen LogP contribution in [0.4, 0.5) is 0 Å². The first kappa shape index (κ1) is 22.6. The highest BCUT2D eigenvalue weighted by Crippen LogP contribution is 2.31. The van der Waals surface area contributed by atoms with Crippen LogP contribution in [0.1, 0.15) is 34.5 Å². The van der Waals surface area contributed by atoms with E-state index in [1.165, 1.54) is 4.88 Å². The van der Waals surface area contributed by atoms with Gasteiger partial charge in [-0.25, -0.2) is 9.97 Å². The predicted octanol–water partition coefficient (Wildman–Crippen LogP) is 4.60. The fraction of sp³-hybridized carbons (Fsp3) is 0.348. The van der Waals surface area contributed by atoms with E-state index in [1.54, 1.807) is 24.6 Å². The first-order chi connectivity index (χ1) is 15.1. The summed E-state index contributed by atoms with van der Waals surface area (Å²) >= 11 is 1.69. The molecule has 31 heavy (non-hydrogen) atoms. The van der Waals surface area contributed by atoms with Crippen LogP contribution in [-0.2, 0) is 13.1 Å². The standard InChI is InChI=1S/C23H29N5O2S/c1-5-13-29-19-10-6-7-11-20(19)30-22-18(9-8-12-25-22)14-26-23(24-4)27-15-21-16(2)28-17(3)31-21/h6-12H,5,13-15H2,1-4H3,(H2,24,26,27). The van der Waals surface area contributed by atoms with Gasteiger partial charge >= 0.3 is 0 Å². The molecule has 2 N–H and O–H groups in total. The molecule has 0 aliphatic heterocycles. The van der Waals surface area contributed by atoms with Crippen molar-refractivity contribution < 1.29 is 9.47 Å². The van der Waals surface area contributed by atoms with Crippen molar-refractivity contribution in [1.29, 1.82) is 0 Å². The molecule has 1 aromatic carbocycles. The number of pyridine rings is 1. The van der Waals surface area contributed by atoms with Crippen molar-refractivity contribution in [3.63, 3.8) is 0 Å². The molecule has 0 fully saturated rings. The van der Waals surface area contributed by atoms with E-state index >= 15 is 0 Å². The lowest BCUT2D eigenvalue weighted by Crippen LogP contribution is -2.36. The number of guanidine groups is 1. The molecule has 2 heterocycles. The largest absolute Gasteiger partial charge is 0.490 e. The van der Waals surface area contributed by atoms with Crippen LogP contribution in [0.2, 0.25) is 0 Å². The minimum absolute atomic E-state index is 0.515. The van der Waals surface area contributed by atoms with Gasteiger partial charge in [-0.2, -0.15) is 0 Å². The first-order valence-corrected chi connectivity index (χ1v) is 11.1. The summed E-state index contributed by atoms with van der Waals surface area (Å²) in [5, 5.41) is 7.74. The van der Waals surface area contributed by atoms with Crippen molar-refractivity contribution >= 4 is 17.3 Å². The second-order valence-electron chi connectivity index (χ2n) is 6.89. The molecule has 3 rings (SSSR count). The Labute approximate surface area is 187 Å². The maximum atomic E-state index is 6.11. The summed E-state index contributed by atoms with van der Waals surface area (Å²) in [6.45, 7) is 7.95. The minimum atomic E-state index is 0.515. The lowest BCUT2D eigenvalue weighted by molar-refractivity contribution is 0.300. The summed E-state index contributed by atoms with van der Waals surface area (Å²) in [7, 11) is 1.75. The second kappa shape index (κ2) is 11.3. The van der Waals surface area contributed by atoms with E-state index in [4.69, 9.17) is 9.47 Å². The Morgan fingerprint density at radius 1 is 1.06 bits per heavy atom. The van der Waals surface area contributed by atoms with Crippen LogP contribution in [0.15, 0.2) is 47.6 Å². The average Bonchev–Trinajstić information content (AvgIpc) is 3.11. The Bertz CT molecular complexity index is 1020. The fourth-order valence-corrected chi connectivity index (χ4v) is 3.80. The van der Waals surface area contributed by atoms with Gasteiger partial charge in [-0.05, 0) is 38.5 Å². The Hall–Kier alpha value is -3.13. The first-order valence-electron chi connectivity index (χ1n) is 10.3. The summed E-state index contributed by atoms with van der Waals surface area (Å²) in [5.74, 6) is 2.59. The van der Waals surface area contributed by atoms with Gasteiger partial charge in [-0.15, -0.1) is 11.3 Å².